The van der Waals surface area contributed by atoms with E-state index in [0.29, 0.717) is 30.2 Å². The maximum atomic E-state index is 12.9. The number of amides is 2. The van der Waals surface area contributed by atoms with E-state index in [2.05, 4.69) is 5.32 Å². The van der Waals surface area contributed by atoms with Gasteiger partial charge in [-0.3, -0.25) is 9.59 Å². The van der Waals surface area contributed by atoms with Gasteiger partial charge in [-0.1, -0.05) is 12.1 Å². The number of carbonyl (C=O) groups is 2. The average molecular weight is 358 g/mol. The highest BCUT2D eigenvalue weighted by atomic mass is 19.1. The summed E-state index contributed by atoms with van der Waals surface area (Å²) in [5.41, 5.74) is 1.47. The van der Waals surface area contributed by atoms with E-state index < -0.39 is 0 Å². The van der Waals surface area contributed by atoms with Crippen LogP contribution >= 0.6 is 0 Å². The zero-order valence-electron chi connectivity index (χ0n) is 14.3. The minimum atomic E-state index is -0.307. The largest absolute Gasteiger partial charge is 0.454 e. The summed E-state index contributed by atoms with van der Waals surface area (Å²) in [6.07, 6.45) is 0.539. The molecule has 1 aliphatic rings. The lowest BCUT2D eigenvalue weighted by Gasteiger charge is -2.20. The molecule has 26 heavy (non-hydrogen) atoms. The minimum absolute atomic E-state index is 0.0645. The van der Waals surface area contributed by atoms with Crippen LogP contribution in [0, 0.1) is 5.82 Å². The van der Waals surface area contributed by atoms with Gasteiger partial charge in [0.15, 0.2) is 11.5 Å². The molecule has 1 N–H and O–H groups in total. The Kier molecular flexibility index (Phi) is 5.36. The summed E-state index contributed by atoms with van der Waals surface area (Å²) in [5.74, 6) is 0.390. The number of halogens is 1. The number of fused-ring (bicyclic) bond motifs is 1. The molecule has 7 heteroatoms. The number of nitrogens with zero attached hydrogens (tertiary/aromatic N) is 1. The normalized spacial score (nSPS) is 11.9. The van der Waals surface area contributed by atoms with E-state index >= 15 is 0 Å². The van der Waals surface area contributed by atoms with Crippen molar-refractivity contribution in [2.45, 2.75) is 13.3 Å². The third kappa shape index (κ3) is 4.50. The second-order valence-corrected chi connectivity index (χ2v) is 5.93. The molecule has 136 valence electrons. The third-order valence-electron chi connectivity index (χ3n) is 4.02. The maximum Gasteiger partial charge on any atom is 0.243 e. The summed E-state index contributed by atoms with van der Waals surface area (Å²) >= 11 is 0. The van der Waals surface area contributed by atoms with Crippen molar-refractivity contribution in [1.29, 1.82) is 0 Å². The lowest BCUT2D eigenvalue weighted by Crippen LogP contribution is -2.38. The van der Waals surface area contributed by atoms with Gasteiger partial charge in [0.1, 0.15) is 5.82 Å². The molecule has 0 saturated carbocycles. The van der Waals surface area contributed by atoms with Crippen molar-refractivity contribution in [3.63, 3.8) is 0 Å². The first-order valence-corrected chi connectivity index (χ1v) is 8.21. The second-order valence-electron chi connectivity index (χ2n) is 5.93. The van der Waals surface area contributed by atoms with Crippen LogP contribution in [0.25, 0.3) is 0 Å². The van der Waals surface area contributed by atoms with Gasteiger partial charge >= 0.3 is 0 Å². The van der Waals surface area contributed by atoms with Crippen molar-refractivity contribution < 1.29 is 23.5 Å². The molecular formula is C19H19FN2O4. The Balaban J connectivity index is 1.56. The molecule has 2 aromatic rings. The molecular weight excluding hydrogens is 339 g/mol. The van der Waals surface area contributed by atoms with Crippen LogP contribution in [0.1, 0.15) is 12.5 Å². The van der Waals surface area contributed by atoms with Crippen LogP contribution in [-0.4, -0.2) is 36.6 Å². The van der Waals surface area contributed by atoms with Gasteiger partial charge < -0.3 is 19.7 Å². The van der Waals surface area contributed by atoms with Crippen LogP contribution in [0.3, 0.4) is 0 Å². The molecule has 2 aromatic carbocycles. The van der Waals surface area contributed by atoms with Crippen LogP contribution in [0.15, 0.2) is 42.5 Å². The summed E-state index contributed by atoms with van der Waals surface area (Å²) in [7, 11) is 0. The molecule has 0 unspecified atom stereocenters. The molecule has 0 spiro atoms. The molecule has 1 heterocycles. The summed E-state index contributed by atoms with van der Waals surface area (Å²) in [6, 6.07) is 11.2. The van der Waals surface area contributed by atoms with Gasteiger partial charge in [0.05, 0.1) is 6.54 Å². The number of ether oxygens (including phenoxy) is 2. The molecule has 2 amide bonds. The van der Waals surface area contributed by atoms with Gasteiger partial charge in [-0.2, -0.15) is 0 Å². The van der Waals surface area contributed by atoms with Crippen LogP contribution in [0.2, 0.25) is 0 Å². The third-order valence-corrected chi connectivity index (χ3v) is 4.02. The fourth-order valence-electron chi connectivity index (χ4n) is 2.61. The number of anilines is 1. The number of rotatable bonds is 6. The molecule has 0 bridgehead atoms. The Morgan fingerprint density at radius 2 is 1.85 bits per heavy atom. The van der Waals surface area contributed by atoms with Gasteiger partial charge in [0, 0.05) is 25.2 Å². The van der Waals surface area contributed by atoms with Crippen LogP contribution in [-0.2, 0) is 16.0 Å². The molecule has 3 rings (SSSR count). The Hall–Kier alpha value is -3.09. The molecule has 1 aliphatic heterocycles. The van der Waals surface area contributed by atoms with Gasteiger partial charge in [-0.05, 0) is 36.2 Å². The lowest BCUT2D eigenvalue weighted by atomic mass is 10.1. The number of hydrogen-bond donors (Lipinski definition) is 1. The van der Waals surface area contributed by atoms with E-state index in [1.807, 2.05) is 0 Å². The minimum Gasteiger partial charge on any atom is -0.454 e. The first kappa shape index (κ1) is 17.7. The highest BCUT2D eigenvalue weighted by Crippen LogP contribution is 2.34. The molecule has 6 nitrogen and oxygen atoms in total. The summed E-state index contributed by atoms with van der Waals surface area (Å²) in [6.45, 7) is 1.88. The predicted octanol–water partition coefficient (Wildman–Crippen LogP) is 2.58. The Bertz CT molecular complexity index is 808. The van der Waals surface area contributed by atoms with E-state index in [-0.39, 0.29) is 31.0 Å². The fourth-order valence-corrected chi connectivity index (χ4v) is 2.61. The molecule has 0 fully saturated rings. The smallest absolute Gasteiger partial charge is 0.243 e. The Morgan fingerprint density at radius 1 is 1.12 bits per heavy atom. The summed E-state index contributed by atoms with van der Waals surface area (Å²) in [5, 5.41) is 2.74. The summed E-state index contributed by atoms with van der Waals surface area (Å²) < 4.78 is 23.4. The first-order valence-electron chi connectivity index (χ1n) is 8.21. The van der Waals surface area contributed by atoms with Crippen molar-refractivity contribution >= 4 is 17.5 Å². The average Bonchev–Trinajstić information content (AvgIpc) is 3.07. The Morgan fingerprint density at radius 3 is 2.58 bits per heavy atom. The highest BCUT2D eigenvalue weighted by Gasteiger charge is 2.16. The zero-order chi connectivity index (χ0) is 18.5. The second kappa shape index (κ2) is 7.86. The quantitative estimate of drug-likeness (QED) is 0.862. The van der Waals surface area contributed by atoms with E-state index in [1.165, 1.54) is 24.0 Å². The number of benzene rings is 2. The molecule has 0 atom stereocenters. The van der Waals surface area contributed by atoms with Crippen molar-refractivity contribution in [3.05, 3.63) is 53.8 Å². The van der Waals surface area contributed by atoms with Gasteiger partial charge in [0.2, 0.25) is 18.6 Å². The van der Waals surface area contributed by atoms with Gasteiger partial charge in [-0.25, -0.2) is 4.39 Å². The molecule has 0 radical (unpaired) electrons. The SMILES string of the molecule is CC(=O)N(CCc1ccc(F)cc1)CC(=O)Nc1ccc2c(c1)OCO2. The standard InChI is InChI=1S/C19H19FN2O4/c1-13(23)22(9-8-14-2-4-15(20)5-3-14)11-19(24)21-16-6-7-17-18(10-16)26-12-25-17/h2-7,10H,8-9,11-12H2,1H3,(H,21,24). The molecule has 0 aromatic heterocycles. The number of hydrogen-bond acceptors (Lipinski definition) is 4. The molecule has 0 saturated heterocycles. The zero-order valence-corrected chi connectivity index (χ0v) is 14.3. The van der Waals surface area contributed by atoms with E-state index in [1.54, 1.807) is 30.3 Å². The van der Waals surface area contributed by atoms with Crippen molar-refractivity contribution in [2.75, 3.05) is 25.2 Å². The van der Waals surface area contributed by atoms with Crippen molar-refractivity contribution in [2.24, 2.45) is 0 Å². The maximum absolute atomic E-state index is 12.9. The van der Waals surface area contributed by atoms with Crippen molar-refractivity contribution in [1.82, 2.24) is 4.90 Å². The van der Waals surface area contributed by atoms with E-state index in [0.717, 1.165) is 5.56 Å². The first-order chi connectivity index (χ1) is 12.5. The van der Waals surface area contributed by atoms with Gasteiger partial charge in [-0.15, -0.1) is 0 Å². The van der Waals surface area contributed by atoms with Crippen LogP contribution in [0.4, 0.5) is 10.1 Å². The molecule has 0 aliphatic carbocycles. The van der Waals surface area contributed by atoms with E-state index in [4.69, 9.17) is 9.47 Å². The van der Waals surface area contributed by atoms with Crippen molar-refractivity contribution in [3.8, 4) is 11.5 Å². The predicted molar refractivity (Wildman–Crippen MR) is 93.6 cm³/mol. The number of carbonyl (C=O) groups excluding carboxylic acids is 2. The summed E-state index contributed by atoms with van der Waals surface area (Å²) in [4.78, 5) is 25.5. The topological polar surface area (TPSA) is 67.9 Å². The highest BCUT2D eigenvalue weighted by molar-refractivity contribution is 5.94. The Labute approximate surface area is 150 Å². The van der Waals surface area contributed by atoms with Crippen LogP contribution in [0.5, 0.6) is 11.5 Å². The van der Waals surface area contributed by atoms with Gasteiger partial charge in [0.25, 0.3) is 0 Å². The van der Waals surface area contributed by atoms with Crippen LogP contribution < -0.4 is 14.8 Å². The monoisotopic (exact) mass is 358 g/mol. The fraction of sp³-hybridized carbons (Fsp3) is 0.263. The van der Waals surface area contributed by atoms with E-state index in [9.17, 15) is 14.0 Å². The lowest BCUT2D eigenvalue weighted by molar-refractivity contribution is -0.132. The number of nitrogens with one attached hydrogen (secondary N) is 1.